The van der Waals surface area contributed by atoms with Gasteiger partial charge in [0.1, 0.15) is 6.10 Å². The number of carbonyl (C=O) groups is 1. The highest BCUT2D eigenvalue weighted by Gasteiger charge is 2.43. The molecule has 0 aromatic carbocycles. The van der Waals surface area contributed by atoms with Crippen molar-refractivity contribution in [3.8, 4) is 0 Å². The lowest BCUT2D eigenvalue weighted by Crippen LogP contribution is -2.34. The summed E-state index contributed by atoms with van der Waals surface area (Å²) in [4.78, 5) is 10.7. The molecule has 0 saturated carbocycles. The number of aliphatic hydroxyl groups excluding tert-OH is 1. The van der Waals surface area contributed by atoms with Crippen molar-refractivity contribution in [2.24, 2.45) is 0 Å². The number of aliphatic hydroxyl groups is 1. The number of carbonyl (C=O) groups excluding carboxylic acids is 1. The van der Waals surface area contributed by atoms with Crippen LogP contribution in [-0.4, -0.2) is 36.4 Å². The second kappa shape index (κ2) is 2.91. The highest BCUT2D eigenvalue weighted by Crippen LogP contribution is 2.25. The summed E-state index contributed by atoms with van der Waals surface area (Å²) < 4.78 is 14.5. The summed E-state index contributed by atoms with van der Waals surface area (Å²) in [5.74, 6) is 0. The molecule has 2 saturated heterocycles. The minimum Gasteiger partial charge on any atom is -0.427 e. The van der Waals surface area contributed by atoms with E-state index in [4.69, 9.17) is 14.2 Å². The molecule has 2 unspecified atom stereocenters. The van der Waals surface area contributed by atoms with Crippen LogP contribution in [0.15, 0.2) is 0 Å². The molecule has 2 aliphatic heterocycles. The monoisotopic (exact) mass is 174 g/mol. The maximum Gasteiger partial charge on any atom is 0.509 e. The normalized spacial score (nSPS) is 41.1. The quantitative estimate of drug-likeness (QED) is 0.524. The van der Waals surface area contributed by atoms with Gasteiger partial charge in [0.05, 0.1) is 6.61 Å². The molecule has 0 spiro atoms. The molecule has 2 aliphatic rings. The molecule has 0 aliphatic carbocycles. The van der Waals surface area contributed by atoms with E-state index in [1.165, 1.54) is 0 Å². The molecule has 68 valence electrons. The molecule has 5 heteroatoms. The SMILES string of the molecule is O=C1OC2C(O)OCCC[C@@H]2O1. The molecule has 2 fully saturated rings. The third-order valence-corrected chi connectivity index (χ3v) is 2.05. The Morgan fingerprint density at radius 2 is 2.25 bits per heavy atom. The number of fused-ring (bicyclic) bond motifs is 1. The Kier molecular flexibility index (Phi) is 1.90. The van der Waals surface area contributed by atoms with Crippen LogP contribution < -0.4 is 0 Å². The standard InChI is InChI=1S/C7H10O5/c8-6-5-4(2-1-3-10-6)11-7(9)12-5/h4-6,8H,1-3H2/t4-,5?,6?/m0/s1. The van der Waals surface area contributed by atoms with Crippen molar-refractivity contribution in [3.05, 3.63) is 0 Å². The zero-order valence-electron chi connectivity index (χ0n) is 6.43. The van der Waals surface area contributed by atoms with E-state index in [1.807, 2.05) is 0 Å². The molecule has 5 nitrogen and oxygen atoms in total. The second-order valence-corrected chi connectivity index (χ2v) is 2.89. The van der Waals surface area contributed by atoms with Crippen LogP contribution in [0.3, 0.4) is 0 Å². The molecule has 0 aromatic heterocycles. The Bertz CT molecular complexity index is 192. The van der Waals surface area contributed by atoms with Crippen LogP contribution in [-0.2, 0) is 14.2 Å². The summed E-state index contributed by atoms with van der Waals surface area (Å²) >= 11 is 0. The summed E-state index contributed by atoms with van der Waals surface area (Å²) in [7, 11) is 0. The maximum atomic E-state index is 10.7. The lowest BCUT2D eigenvalue weighted by Gasteiger charge is -2.15. The minimum atomic E-state index is -1.04. The first-order chi connectivity index (χ1) is 5.77. The van der Waals surface area contributed by atoms with E-state index in [0.29, 0.717) is 13.0 Å². The van der Waals surface area contributed by atoms with E-state index in [9.17, 15) is 9.90 Å². The van der Waals surface area contributed by atoms with Gasteiger partial charge in [-0.25, -0.2) is 4.79 Å². The van der Waals surface area contributed by atoms with Gasteiger partial charge in [0.25, 0.3) is 0 Å². The van der Waals surface area contributed by atoms with Crippen molar-refractivity contribution >= 4 is 6.16 Å². The summed E-state index contributed by atoms with van der Waals surface area (Å²) in [5.41, 5.74) is 0. The predicted octanol–water partition coefficient (Wildman–Crippen LogP) is 0.0192. The van der Waals surface area contributed by atoms with Crippen molar-refractivity contribution < 1.29 is 24.1 Å². The Morgan fingerprint density at radius 3 is 3.08 bits per heavy atom. The average molecular weight is 174 g/mol. The van der Waals surface area contributed by atoms with E-state index in [0.717, 1.165) is 6.42 Å². The molecule has 3 atom stereocenters. The lowest BCUT2D eigenvalue weighted by atomic mass is 10.1. The summed E-state index contributed by atoms with van der Waals surface area (Å²) in [5, 5.41) is 9.30. The maximum absolute atomic E-state index is 10.7. The fourth-order valence-corrected chi connectivity index (χ4v) is 1.45. The van der Waals surface area contributed by atoms with Crippen LogP contribution >= 0.6 is 0 Å². The Balaban J connectivity index is 2.09. The summed E-state index contributed by atoms with van der Waals surface area (Å²) in [6.45, 7) is 0.481. The van der Waals surface area contributed by atoms with Gasteiger partial charge < -0.3 is 19.3 Å². The molecule has 0 aromatic rings. The van der Waals surface area contributed by atoms with Gasteiger partial charge in [-0.1, -0.05) is 0 Å². The van der Waals surface area contributed by atoms with Crippen LogP contribution in [0.25, 0.3) is 0 Å². The van der Waals surface area contributed by atoms with Gasteiger partial charge in [-0.3, -0.25) is 0 Å². The number of ether oxygens (including phenoxy) is 3. The van der Waals surface area contributed by atoms with E-state index in [-0.39, 0.29) is 6.10 Å². The van der Waals surface area contributed by atoms with E-state index in [1.54, 1.807) is 0 Å². The molecular weight excluding hydrogens is 164 g/mol. The van der Waals surface area contributed by atoms with Gasteiger partial charge in [0.2, 0.25) is 0 Å². The fourth-order valence-electron chi connectivity index (χ4n) is 1.45. The summed E-state index contributed by atoms with van der Waals surface area (Å²) in [6, 6.07) is 0. The smallest absolute Gasteiger partial charge is 0.427 e. The largest absolute Gasteiger partial charge is 0.509 e. The highest BCUT2D eigenvalue weighted by molar-refractivity contribution is 5.62. The molecule has 0 radical (unpaired) electrons. The number of rotatable bonds is 0. The van der Waals surface area contributed by atoms with Crippen molar-refractivity contribution in [3.63, 3.8) is 0 Å². The summed E-state index contributed by atoms with van der Waals surface area (Å²) in [6.07, 6.45) is -1.27. The average Bonchev–Trinajstić information content (AvgIpc) is 2.33. The zero-order valence-corrected chi connectivity index (χ0v) is 6.43. The Morgan fingerprint density at radius 1 is 1.42 bits per heavy atom. The Hall–Kier alpha value is -0.810. The van der Waals surface area contributed by atoms with Gasteiger partial charge in [0.15, 0.2) is 12.4 Å². The van der Waals surface area contributed by atoms with Crippen LogP contribution in [0.5, 0.6) is 0 Å². The third kappa shape index (κ3) is 1.25. The highest BCUT2D eigenvalue weighted by atomic mass is 16.8. The molecular formula is C7H10O5. The van der Waals surface area contributed by atoms with Crippen molar-refractivity contribution in [2.45, 2.75) is 31.3 Å². The van der Waals surface area contributed by atoms with Crippen molar-refractivity contribution in [1.82, 2.24) is 0 Å². The first-order valence-corrected chi connectivity index (χ1v) is 3.94. The second-order valence-electron chi connectivity index (χ2n) is 2.89. The van der Waals surface area contributed by atoms with Gasteiger partial charge in [-0.2, -0.15) is 0 Å². The van der Waals surface area contributed by atoms with Gasteiger partial charge in [0, 0.05) is 0 Å². The van der Waals surface area contributed by atoms with Gasteiger partial charge in [-0.05, 0) is 12.8 Å². The van der Waals surface area contributed by atoms with Gasteiger partial charge >= 0.3 is 6.16 Å². The molecule has 0 bridgehead atoms. The molecule has 1 N–H and O–H groups in total. The van der Waals surface area contributed by atoms with E-state index >= 15 is 0 Å². The topological polar surface area (TPSA) is 65.0 Å². The van der Waals surface area contributed by atoms with E-state index in [2.05, 4.69) is 0 Å². The first kappa shape index (κ1) is 7.82. The van der Waals surface area contributed by atoms with Crippen molar-refractivity contribution in [2.75, 3.05) is 6.61 Å². The molecule has 12 heavy (non-hydrogen) atoms. The molecule has 2 rings (SSSR count). The van der Waals surface area contributed by atoms with Crippen molar-refractivity contribution in [1.29, 1.82) is 0 Å². The number of hydrogen-bond acceptors (Lipinski definition) is 5. The fraction of sp³-hybridized carbons (Fsp3) is 0.857. The molecule has 0 amide bonds. The van der Waals surface area contributed by atoms with Gasteiger partial charge in [-0.15, -0.1) is 0 Å². The van der Waals surface area contributed by atoms with E-state index < -0.39 is 18.5 Å². The minimum absolute atomic E-state index is 0.338. The van der Waals surface area contributed by atoms with Crippen LogP contribution in [0.4, 0.5) is 4.79 Å². The number of hydrogen-bond donors (Lipinski definition) is 1. The molecule has 2 heterocycles. The zero-order chi connectivity index (χ0) is 8.55. The lowest BCUT2D eigenvalue weighted by molar-refractivity contribution is -0.150. The van der Waals surface area contributed by atoms with Crippen LogP contribution in [0.2, 0.25) is 0 Å². The van der Waals surface area contributed by atoms with Crippen LogP contribution in [0.1, 0.15) is 12.8 Å². The first-order valence-electron chi connectivity index (χ1n) is 3.94. The predicted molar refractivity (Wildman–Crippen MR) is 36.3 cm³/mol. The third-order valence-electron chi connectivity index (χ3n) is 2.05. The Labute approximate surface area is 69.2 Å². The van der Waals surface area contributed by atoms with Crippen LogP contribution in [0, 0.1) is 0 Å².